The monoisotopic (exact) mass is 564 g/mol. The molecule has 0 bridgehead atoms. The van der Waals surface area contributed by atoms with Gasteiger partial charge in [-0.2, -0.15) is 0 Å². The Balaban J connectivity index is 1.59. The zero-order chi connectivity index (χ0) is 27.3. The van der Waals surface area contributed by atoms with Crippen molar-refractivity contribution >= 4 is 56.8 Å². The van der Waals surface area contributed by atoms with E-state index in [4.69, 9.17) is 11.6 Å². The van der Waals surface area contributed by atoms with Crippen molar-refractivity contribution in [2.24, 2.45) is 0 Å². The number of amides is 2. The first-order valence-corrected chi connectivity index (χ1v) is 14.2. The molecule has 9 nitrogen and oxygen atoms in total. The van der Waals surface area contributed by atoms with Crippen LogP contribution in [0.4, 0.5) is 0 Å². The summed E-state index contributed by atoms with van der Waals surface area (Å²) in [7, 11) is -4.29. The minimum atomic E-state index is -4.29. The lowest BCUT2D eigenvalue weighted by atomic mass is 9.96. The van der Waals surface area contributed by atoms with Crippen LogP contribution in [0.15, 0.2) is 53.4 Å². The number of carboxylic acids is 1. The van der Waals surface area contributed by atoms with Gasteiger partial charge in [0.2, 0.25) is 11.8 Å². The highest BCUT2D eigenvalue weighted by Crippen LogP contribution is 2.50. The molecule has 12 heteroatoms. The molecule has 1 unspecified atom stereocenters. The summed E-state index contributed by atoms with van der Waals surface area (Å²) in [5.41, 5.74) is 0.892. The minimum Gasteiger partial charge on any atom is -0.480 e. The Hall–Kier alpha value is -2.89. The number of aliphatic carboxylic acids is 1. The molecule has 2 N–H and O–H groups in total. The third kappa shape index (κ3) is 4.99. The van der Waals surface area contributed by atoms with E-state index in [-0.39, 0.29) is 10.5 Å². The number of nitrogens with one attached hydrogen (secondary N) is 1. The number of benzene rings is 2. The molecule has 196 valence electrons. The second-order valence-electron chi connectivity index (χ2n) is 9.57. The van der Waals surface area contributed by atoms with Crippen molar-refractivity contribution in [3.05, 3.63) is 64.7 Å². The first-order chi connectivity index (χ1) is 17.2. The molecule has 37 heavy (non-hydrogen) atoms. The number of thioether (sulfide) groups is 1. The topological polar surface area (TPSA) is 138 Å². The maximum Gasteiger partial charge on any atom is 0.327 e. The number of β-lactam (4-membered cyclic amide) rings is 1. The maximum absolute atomic E-state index is 13.5. The number of rotatable bonds is 8. The van der Waals surface area contributed by atoms with Gasteiger partial charge in [-0.25, -0.2) is 13.2 Å². The SMILES string of the molecule is Cc1ccc(S(=O)(=O)C(CC(=O)N[C@@H]2C(=O)N3[C@@H]2SC(C)(C)[C@@H]3C(=O)O)C(=O)c2ccc(Cl)cc2)cc1. The van der Waals surface area contributed by atoms with Gasteiger partial charge in [0, 0.05) is 15.3 Å². The fourth-order valence-electron chi connectivity index (χ4n) is 4.58. The lowest BCUT2D eigenvalue weighted by Gasteiger charge is -2.43. The Labute approximate surface area is 223 Å². The highest BCUT2D eigenvalue weighted by Gasteiger charge is 2.64. The fourth-order valence-corrected chi connectivity index (χ4v) is 7.97. The molecule has 2 aliphatic heterocycles. The van der Waals surface area contributed by atoms with Gasteiger partial charge in [0.25, 0.3) is 0 Å². The number of nitrogens with zero attached hydrogens (tertiary/aromatic N) is 1. The number of halogens is 1. The Morgan fingerprint density at radius 1 is 1.11 bits per heavy atom. The van der Waals surface area contributed by atoms with Crippen LogP contribution >= 0.6 is 23.4 Å². The van der Waals surface area contributed by atoms with Crippen LogP contribution in [0.2, 0.25) is 5.02 Å². The average molecular weight is 565 g/mol. The van der Waals surface area contributed by atoms with Crippen LogP contribution < -0.4 is 5.32 Å². The van der Waals surface area contributed by atoms with Gasteiger partial charge < -0.3 is 15.3 Å². The van der Waals surface area contributed by atoms with Crippen LogP contribution in [-0.2, 0) is 24.2 Å². The van der Waals surface area contributed by atoms with Crippen molar-refractivity contribution in [3.8, 4) is 0 Å². The highest BCUT2D eigenvalue weighted by atomic mass is 35.5. The molecular weight excluding hydrogens is 540 g/mol. The van der Waals surface area contributed by atoms with Gasteiger partial charge in [0.1, 0.15) is 22.7 Å². The third-order valence-corrected chi connectivity index (χ3v) is 10.4. The second-order valence-corrected chi connectivity index (χ2v) is 13.9. The number of hydrogen-bond acceptors (Lipinski definition) is 7. The summed E-state index contributed by atoms with van der Waals surface area (Å²) in [6, 6.07) is 9.54. The van der Waals surface area contributed by atoms with Gasteiger partial charge in [0.15, 0.2) is 15.6 Å². The zero-order valence-electron chi connectivity index (χ0n) is 20.2. The molecule has 2 fully saturated rings. The Morgan fingerprint density at radius 3 is 2.27 bits per heavy atom. The van der Waals surface area contributed by atoms with E-state index in [0.717, 1.165) is 5.56 Å². The quantitative estimate of drug-likeness (QED) is 0.369. The molecule has 2 aromatic rings. The van der Waals surface area contributed by atoms with E-state index in [1.54, 1.807) is 32.9 Å². The number of sulfone groups is 1. The standard InChI is InChI=1S/C25H25ClN2O7S2/c1-13-4-10-16(11-5-13)37(34,35)17(20(30)14-6-8-15(26)9-7-14)12-18(29)27-19-22(31)28-21(24(32)33)25(2,3)36-23(19)28/h4-11,17,19,21,23H,12H2,1-3H3,(H,27,29)(H,32,33)/t17?,19-,21+,23-/m1/s1. The van der Waals surface area contributed by atoms with Crippen molar-refractivity contribution < 1.29 is 32.7 Å². The lowest BCUT2D eigenvalue weighted by Crippen LogP contribution is -2.70. The fraction of sp³-hybridized carbons (Fsp3) is 0.360. The normalized spacial score (nSPS) is 23.1. The first kappa shape index (κ1) is 27.2. The molecule has 0 aromatic heterocycles. The number of Topliss-reactive ketones (excluding diaryl/α,β-unsaturated/α-hetero) is 1. The van der Waals surface area contributed by atoms with Gasteiger partial charge in [-0.1, -0.05) is 29.3 Å². The van der Waals surface area contributed by atoms with E-state index in [0.29, 0.717) is 5.02 Å². The molecule has 2 aromatic carbocycles. The molecule has 0 saturated carbocycles. The number of fused-ring (bicyclic) bond motifs is 1. The summed E-state index contributed by atoms with van der Waals surface area (Å²) in [6.07, 6.45) is -0.718. The van der Waals surface area contributed by atoms with Crippen molar-refractivity contribution in [3.63, 3.8) is 0 Å². The van der Waals surface area contributed by atoms with Gasteiger partial charge >= 0.3 is 5.97 Å². The van der Waals surface area contributed by atoms with E-state index in [1.807, 2.05) is 0 Å². The molecule has 2 heterocycles. The molecular formula is C25H25ClN2O7S2. The van der Waals surface area contributed by atoms with E-state index in [2.05, 4.69) is 5.32 Å². The number of hydrogen-bond donors (Lipinski definition) is 2. The minimum absolute atomic E-state index is 0.0705. The molecule has 0 spiro atoms. The van der Waals surface area contributed by atoms with Crippen LogP contribution in [0.25, 0.3) is 0 Å². The van der Waals surface area contributed by atoms with Crippen molar-refractivity contribution in [2.45, 2.75) is 59.5 Å². The number of carbonyl (C=O) groups excluding carboxylic acids is 3. The molecule has 4 rings (SSSR count). The second kappa shape index (κ2) is 9.77. The summed E-state index contributed by atoms with van der Waals surface area (Å²) in [6.45, 7) is 5.20. The number of carboxylic acid groups (broad SMARTS) is 1. The first-order valence-electron chi connectivity index (χ1n) is 11.4. The largest absolute Gasteiger partial charge is 0.480 e. The Kier molecular flexibility index (Phi) is 7.17. The van der Waals surface area contributed by atoms with Crippen molar-refractivity contribution in [1.82, 2.24) is 10.2 Å². The van der Waals surface area contributed by atoms with E-state index >= 15 is 0 Å². The number of ketones is 1. The third-order valence-electron chi connectivity index (χ3n) is 6.51. The van der Waals surface area contributed by atoms with E-state index in [1.165, 1.54) is 53.1 Å². The van der Waals surface area contributed by atoms with Crippen molar-refractivity contribution in [1.29, 1.82) is 0 Å². The summed E-state index contributed by atoms with van der Waals surface area (Å²) in [5.74, 6) is -3.30. The predicted molar refractivity (Wildman–Crippen MR) is 138 cm³/mol. The number of carbonyl (C=O) groups is 4. The van der Waals surface area contributed by atoms with E-state index in [9.17, 15) is 32.7 Å². The molecule has 0 radical (unpaired) electrons. The molecule has 2 aliphatic rings. The van der Waals surface area contributed by atoms with Crippen LogP contribution in [0.5, 0.6) is 0 Å². The summed E-state index contributed by atoms with van der Waals surface area (Å²) in [4.78, 5) is 52.0. The van der Waals surface area contributed by atoms with Crippen LogP contribution in [-0.4, -0.2) is 69.4 Å². The number of aryl methyl sites for hydroxylation is 1. The van der Waals surface area contributed by atoms with Gasteiger partial charge in [-0.15, -0.1) is 11.8 Å². The molecule has 0 aliphatic carbocycles. The Morgan fingerprint density at radius 2 is 1.70 bits per heavy atom. The van der Waals surface area contributed by atoms with Gasteiger partial charge in [0.05, 0.1) is 11.3 Å². The zero-order valence-corrected chi connectivity index (χ0v) is 22.6. The van der Waals surface area contributed by atoms with E-state index < -0.39 is 67.3 Å². The predicted octanol–water partition coefficient (Wildman–Crippen LogP) is 2.70. The highest BCUT2D eigenvalue weighted by molar-refractivity contribution is 8.01. The van der Waals surface area contributed by atoms with Crippen LogP contribution in [0.3, 0.4) is 0 Å². The van der Waals surface area contributed by atoms with Crippen LogP contribution in [0, 0.1) is 6.92 Å². The van der Waals surface area contributed by atoms with Crippen LogP contribution in [0.1, 0.15) is 36.2 Å². The summed E-state index contributed by atoms with van der Waals surface area (Å²) in [5, 5.41) is 10.1. The summed E-state index contributed by atoms with van der Waals surface area (Å²) < 4.78 is 26.2. The smallest absolute Gasteiger partial charge is 0.327 e. The molecule has 2 saturated heterocycles. The van der Waals surface area contributed by atoms with Gasteiger partial charge in [-0.3, -0.25) is 14.4 Å². The Bertz CT molecular complexity index is 1370. The lowest BCUT2D eigenvalue weighted by molar-refractivity contribution is -0.161. The maximum atomic E-state index is 13.5. The van der Waals surface area contributed by atoms with Gasteiger partial charge in [-0.05, 0) is 57.2 Å². The molecule has 4 atom stereocenters. The summed E-state index contributed by atoms with van der Waals surface area (Å²) >= 11 is 7.15. The average Bonchev–Trinajstić information content (AvgIpc) is 3.09. The van der Waals surface area contributed by atoms with Crippen molar-refractivity contribution in [2.75, 3.05) is 0 Å². The molecule has 2 amide bonds.